The molecule has 116 valence electrons. The second-order valence-electron chi connectivity index (χ2n) is 6.93. The average Bonchev–Trinajstić information content (AvgIpc) is 2.88. The third kappa shape index (κ3) is 2.67. The molecule has 1 saturated carbocycles. The Morgan fingerprint density at radius 2 is 1.85 bits per heavy atom. The number of ketones is 1. The Kier molecular flexibility index (Phi) is 4.91. The van der Waals surface area contributed by atoms with Gasteiger partial charge in [0.25, 0.3) is 0 Å². The summed E-state index contributed by atoms with van der Waals surface area (Å²) in [5, 5.41) is 0. The Morgan fingerprint density at radius 1 is 1.25 bits per heavy atom. The first-order valence-corrected chi connectivity index (χ1v) is 8.35. The number of hydrogen-bond donors (Lipinski definition) is 0. The molecule has 20 heavy (non-hydrogen) atoms. The summed E-state index contributed by atoms with van der Waals surface area (Å²) in [7, 11) is 4.10. The number of nitrogens with zero attached hydrogens (tertiary/aromatic N) is 1. The first-order chi connectivity index (χ1) is 9.49. The van der Waals surface area contributed by atoms with Crippen LogP contribution in [0.3, 0.4) is 0 Å². The summed E-state index contributed by atoms with van der Waals surface area (Å²) in [6.45, 7) is 5.06. The van der Waals surface area contributed by atoms with E-state index in [2.05, 4.69) is 32.8 Å². The van der Waals surface area contributed by atoms with Gasteiger partial charge in [-0.05, 0) is 52.6 Å². The maximum Gasteiger partial charge on any atom is 0.156 e. The van der Waals surface area contributed by atoms with Crippen LogP contribution in [0.5, 0.6) is 0 Å². The minimum atomic E-state index is -0.276. The van der Waals surface area contributed by atoms with Crippen LogP contribution in [0.4, 0.5) is 0 Å². The van der Waals surface area contributed by atoms with Crippen LogP contribution in [0, 0.1) is 5.92 Å². The van der Waals surface area contributed by atoms with E-state index in [1.54, 1.807) is 0 Å². The van der Waals surface area contributed by atoms with E-state index in [1.807, 2.05) is 0 Å². The zero-order chi connectivity index (χ0) is 14.8. The largest absolute Gasteiger partial charge is 0.375 e. The molecule has 0 aromatic rings. The van der Waals surface area contributed by atoms with Crippen LogP contribution in [-0.4, -0.2) is 42.5 Å². The van der Waals surface area contributed by atoms with E-state index in [4.69, 9.17) is 4.74 Å². The van der Waals surface area contributed by atoms with Crippen LogP contribution in [0.25, 0.3) is 0 Å². The molecule has 0 radical (unpaired) electrons. The highest BCUT2D eigenvalue weighted by Crippen LogP contribution is 2.44. The Labute approximate surface area is 124 Å². The molecule has 3 nitrogen and oxygen atoms in total. The SMILES string of the molecule is CCC(CC)(C(=O)C1CCOC2(CCCC2)C1)N(C)C. The van der Waals surface area contributed by atoms with Crippen molar-refractivity contribution in [3.63, 3.8) is 0 Å². The highest BCUT2D eigenvalue weighted by atomic mass is 16.5. The lowest BCUT2D eigenvalue weighted by molar-refractivity contribution is -0.147. The van der Waals surface area contributed by atoms with Crippen molar-refractivity contribution in [1.29, 1.82) is 0 Å². The van der Waals surface area contributed by atoms with Gasteiger partial charge >= 0.3 is 0 Å². The van der Waals surface area contributed by atoms with Gasteiger partial charge in [0.05, 0.1) is 11.1 Å². The van der Waals surface area contributed by atoms with Crippen LogP contribution in [0.1, 0.15) is 65.2 Å². The van der Waals surface area contributed by atoms with E-state index in [9.17, 15) is 4.79 Å². The standard InChI is InChI=1S/C17H31NO2/c1-5-17(6-2,18(3)4)15(19)14-9-12-20-16(13-14)10-7-8-11-16/h14H,5-13H2,1-4H3. The lowest BCUT2D eigenvalue weighted by atomic mass is 9.74. The molecule has 2 fully saturated rings. The molecule has 0 aromatic heterocycles. The maximum atomic E-state index is 13.2. The van der Waals surface area contributed by atoms with Crippen LogP contribution in [0.2, 0.25) is 0 Å². The molecule has 1 unspecified atom stereocenters. The van der Waals surface area contributed by atoms with Gasteiger partial charge < -0.3 is 4.74 Å². The van der Waals surface area contributed by atoms with Gasteiger partial charge in [-0.1, -0.05) is 26.7 Å². The molecule has 0 N–H and O–H groups in total. The number of ether oxygens (including phenoxy) is 1. The quantitative estimate of drug-likeness (QED) is 0.773. The number of carbonyl (C=O) groups is 1. The minimum Gasteiger partial charge on any atom is -0.375 e. The molecule has 1 aliphatic carbocycles. The Bertz CT molecular complexity index is 341. The Morgan fingerprint density at radius 3 is 2.35 bits per heavy atom. The fourth-order valence-corrected chi connectivity index (χ4v) is 4.45. The number of likely N-dealkylation sites (N-methyl/N-ethyl adjacent to an activating group) is 1. The molecule has 3 heteroatoms. The highest BCUT2D eigenvalue weighted by molar-refractivity contribution is 5.90. The maximum absolute atomic E-state index is 13.2. The Hall–Kier alpha value is -0.410. The van der Waals surface area contributed by atoms with E-state index in [0.29, 0.717) is 5.78 Å². The van der Waals surface area contributed by atoms with Crippen molar-refractivity contribution in [3.05, 3.63) is 0 Å². The van der Waals surface area contributed by atoms with Crippen molar-refractivity contribution in [2.24, 2.45) is 5.92 Å². The lowest BCUT2D eigenvalue weighted by Gasteiger charge is -2.44. The smallest absolute Gasteiger partial charge is 0.156 e. The van der Waals surface area contributed by atoms with Gasteiger partial charge in [0, 0.05) is 12.5 Å². The topological polar surface area (TPSA) is 29.5 Å². The molecular formula is C17H31NO2. The number of Topliss-reactive ketones (excluding diaryl/α,β-unsaturated/α-hetero) is 1. The molecule has 1 heterocycles. The van der Waals surface area contributed by atoms with Gasteiger partial charge in [-0.3, -0.25) is 9.69 Å². The van der Waals surface area contributed by atoms with Crippen molar-refractivity contribution in [2.45, 2.75) is 76.4 Å². The van der Waals surface area contributed by atoms with E-state index in [-0.39, 0.29) is 17.1 Å². The highest BCUT2D eigenvalue weighted by Gasteiger charge is 2.47. The third-order valence-corrected chi connectivity index (χ3v) is 5.86. The zero-order valence-corrected chi connectivity index (χ0v) is 13.7. The monoisotopic (exact) mass is 281 g/mol. The van der Waals surface area contributed by atoms with Gasteiger partial charge in [-0.2, -0.15) is 0 Å². The lowest BCUT2D eigenvalue weighted by Crippen LogP contribution is -2.55. The first-order valence-electron chi connectivity index (χ1n) is 8.35. The predicted octanol–water partition coefficient (Wildman–Crippen LogP) is 3.42. The number of hydrogen-bond acceptors (Lipinski definition) is 3. The molecule has 2 aliphatic rings. The summed E-state index contributed by atoms with van der Waals surface area (Å²) in [5.74, 6) is 0.659. The van der Waals surface area contributed by atoms with Crippen LogP contribution in [0.15, 0.2) is 0 Å². The summed E-state index contributed by atoms with van der Waals surface area (Å²) in [6.07, 6.45) is 8.52. The van der Waals surface area contributed by atoms with Crippen molar-refractivity contribution >= 4 is 5.78 Å². The van der Waals surface area contributed by atoms with Gasteiger partial charge in [-0.15, -0.1) is 0 Å². The van der Waals surface area contributed by atoms with E-state index in [0.717, 1.165) is 45.1 Å². The van der Waals surface area contributed by atoms with Crippen LogP contribution in [-0.2, 0) is 9.53 Å². The molecular weight excluding hydrogens is 250 g/mol. The fraction of sp³-hybridized carbons (Fsp3) is 0.941. The summed E-state index contributed by atoms with van der Waals surface area (Å²) in [6, 6.07) is 0. The number of rotatable bonds is 5. The molecule has 0 bridgehead atoms. The second-order valence-corrected chi connectivity index (χ2v) is 6.93. The molecule has 1 aliphatic heterocycles. The summed E-state index contributed by atoms with van der Waals surface area (Å²) >= 11 is 0. The van der Waals surface area contributed by atoms with Crippen LogP contribution < -0.4 is 0 Å². The predicted molar refractivity (Wildman–Crippen MR) is 81.9 cm³/mol. The first kappa shape index (κ1) is 16.0. The van der Waals surface area contributed by atoms with Crippen molar-refractivity contribution in [3.8, 4) is 0 Å². The van der Waals surface area contributed by atoms with Crippen molar-refractivity contribution < 1.29 is 9.53 Å². The molecule has 1 saturated heterocycles. The number of carbonyl (C=O) groups excluding carboxylic acids is 1. The van der Waals surface area contributed by atoms with Gasteiger partial charge in [-0.25, -0.2) is 0 Å². The normalized spacial score (nSPS) is 26.4. The fourth-order valence-electron chi connectivity index (χ4n) is 4.45. The average molecular weight is 281 g/mol. The van der Waals surface area contributed by atoms with Gasteiger partial charge in [0.1, 0.15) is 0 Å². The van der Waals surface area contributed by atoms with E-state index in [1.165, 1.54) is 12.8 Å². The molecule has 0 aromatic carbocycles. The molecule has 1 spiro atoms. The summed E-state index contributed by atoms with van der Waals surface area (Å²) < 4.78 is 6.08. The van der Waals surface area contributed by atoms with Crippen LogP contribution >= 0.6 is 0 Å². The summed E-state index contributed by atoms with van der Waals surface area (Å²) in [4.78, 5) is 15.3. The van der Waals surface area contributed by atoms with Crippen molar-refractivity contribution in [2.75, 3.05) is 20.7 Å². The minimum absolute atomic E-state index is 0.0398. The zero-order valence-electron chi connectivity index (χ0n) is 13.7. The van der Waals surface area contributed by atoms with Gasteiger partial charge in [0.2, 0.25) is 0 Å². The molecule has 2 rings (SSSR count). The summed E-state index contributed by atoms with van der Waals surface area (Å²) in [5.41, 5.74) is -0.236. The second kappa shape index (κ2) is 6.15. The molecule has 1 atom stereocenters. The van der Waals surface area contributed by atoms with E-state index >= 15 is 0 Å². The van der Waals surface area contributed by atoms with Gasteiger partial charge in [0.15, 0.2) is 5.78 Å². The Balaban J connectivity index is 2.15. The third-order valence-electron chi connectivity index (χ3n) is 5.86. The van der Waals surface area contributed by atoms with Crippen molar-refractivity contribution in [1.82, 2.24) is 4.90 Å². The molecule has 0 amide bonds. The van der Waals surface area contributed by atoms with E-state index < -0.39 is 0 Å².